The predicted molar refractivity (Wildman–Crippen MR) is 29.9 cm³/mol. The van der Waals surface area contributed by atoms with E-state index in [1.165, 1.54) is 0 Å². The minimum absolute atomic E-state index is 0.306. The standard InChI is InChI=1S/S4/c1-4-2-3-4. The van der Waals surface area contributed by atoms with Gasteiger partial charge in [-0.05, 0) is 11.2 Å². The molecular weight excluding hydrogens is 128 g/mol. The molecule has 0 aromatic carbocycles. The van der Waals surface area contributed by atoms with Crippen molar-refractivity contribution in [2.24, 2.45) is 0 Å². The van der Waals surface area contributed by atoms with Gasteiger partial charge < -0.3 is 0 Å². The summed E-state index contributed by atoms with van der Waals surface area (Å²) in [6.45, 7) is 0. The maximum Gasteiger partial charge on any atom is 0.0193 e. The molecule has 0 aliphatic carbocycles. The molecule has 0 nitrogen and oxygen atoms in total. The average molecular weight is 128 g/mol. The molecule has 24 valence electrons. The highest BCUT2D eigenvalue weighted by molar-refractivity contribution is 9.59. The Kier molecular flexibility index (Phi) is 1.00. The van der Waals surface area contributed by atoms with Crippen LogP contribution in [0.1, 0.15) is 0 Å². The van der Waals surface area contributed by atoms with Crippen LogP contribution in [0.2, 0.25) is 0 Å². The van der Waals surface area contributed by atoms with Gasteiger partial charge in [0.15, 0.2) is 0 Å². The zero-order chi connectivity index (χ0) is 2.99. The van der Waals surface area contributed by atoms with Gasteiger partial charge in [0.1, 0.15) is 0 Å². The molecule has 0 aromatic heterocycles. The fourth-order valence-electron chi connectivity index (χ4n) is 0.0113. The van der Waals surface area contributed by atoms with Crippen molar-refractivity contribution < 1.29 is 0 Å². The van der Waals surface area contributed by atoms with E-state index in [2.05, 4.69) is 11.2 Å². The van der Waals surface area contributed by atoms with E-state index in [1.807, 2.05) is 0 Å². The molecule has 1 saturated heterocycles. The maximum atomic E-state index is 4.69. The Morgan fingerprint density at radius 2 is 1.75 bits per heavy atom. The van der Waals surface area contributed by atoms with E-state index in [-0.39, 0.29) is 0 Å². The van der Waals surface area contributed by atoms with Crippen molar-refractivity contribution in [3.63, 3.8) is 0 Å². The van der Waals surface area contributed by atoms with Crippen LogP contribution in [0.4, 0.5) is 0 Å². The van der Waals surface area contributed by atoms with Crippen molar-refractivity contribution in [3.8, 4) is 0 Å². The SMILES string of the molecule is S=S1SS1. The quantitative estimate of drug-likeness (QED) is 0.356. The zero-order valence-corrected chi connectivity index (χ0v) is 4.90. The first-order chi connectivity index (χ1) is 1.89. The average Bonchev–Trinajstić information content (AvgIpc) is 1.75. The van der Waals surface area contributed by atoms with E-state index in [1.54, 1.807) is 19.7 Å². The summed E-state index contributed by atoms with van der Waals surface area (Å²) in [7, 11) is 3.87. The van der Waals surface area contributed by atoms with Crippen LogP contribution < -0.4 is 0 Å². The van der Waals surface area contributed by atoms with Crippen LogP contribution >= 0.6 is 19.7 Å². The fourth-order valence-corrected chi connectivity index (χ4v) is 2.76. The third kappa shape index (κ3) is 0.924. The number of hydrogen-bond donors (Lipinski definition) is 0. The molecule has 0 spiro atoms. The predicted octanol–water partition coefficient (Wildman–Crippen LogP) is 1.29. The summed E-state index contributed by atoms with van der Waals surface area (Å²) in [6.07, 6.45) is 0. The second kappa shape index (κ2) is 1.16. The van der Waals surface area contributed by atoms with Gasteiger partial charge in [0.05, 0.1) is 0 Å². The van der Waals surface area contributed by atoms with Crippen LogP contribution in [0.5, 0.6) is 0 Å². The lowest BCUT2D eigenvalue weighted by molar-refractivity contribution is 6.14. The largest absolute Gasteiger partial charge is 0.0269 e. The first-order valence-electron chi connectivity index (χ1n) is 0.667. The molecule has 4 heavy (non-hydrogen) atoms. The molecule has 1 heterocycles. The van der Waals surface area contributed by atoms with Gasteiger partial charge in [-0.2, -0.15) is 0 Å². The molecular formula is S4. The minimum Gasteiger partial charge on any atom is -0.0269 e. The highest BCUT2D eigenvalue weighted by Gasteiger charge is 2.09. The van der Waals surface area contributed by atoms with E-state index < -0.39 is 0 Å². The van der Waals surface area contributed by atoms with Crippen molar-refractivity contribution in [1.82, 2.24) is 0 Å². The Bertz CT molecular complexity index is 38.0. The summed E-state index contributed by atoms with van der Waals surface area (Å²) in [5.41, 5.74) is 0. The Hall–Kier alpha value is 1.27. The normalized spacial score (nSPS) is 26.0. The summed E-state index contributed by atoms with van der Waals surface area (Å²) in [5, 5.41) is 0. The van der Waals surface area contributed by atoms with E-state index in [9.17, 15) is 0 Å². The molecule has 1 rings (SSSR count). The highest BCUT2D eigenvalue weighted by atomic mass is 34.2. The van der Waals surface area contributed by atoms with Gasteiger partial charge in [-0.15, -0.1) is 0 Å². The molecule has 0 radical (unpaired) electrons. The molecule has 0 aromatic rings. The molecule has 0 atom stereocenters. The van der Waals surface area contributed by atoms with E-state index >= 15 is 0 Å². The molecule has 1 fully saturated rings. The van der Waals surface area contributed by atoms with Crippen LogP contribution in [0, 0.1) is 0 Å². The van der Waals surface area contributed by atoms with Gasteiger partial charge in [-0.3, -0.25) is 0 Å². The van der Waals surface area contributed by atoms with Gasteiger partial charge in [0.2, 0.25) is 0 Å². The van der Waals surface area contributed by atoms with E-state index in [0.29, 0.717) is 7.52 Å². The first-order valence-corrected chi connectivity index (χ1v) is 6.00. The summed E-state index contributed by atoms with van der Waals surface area (Å²) in [5.74, 6) is 0. The molecule has 1 aliphatic heterocycles. The zero-order valence-electron chi connectivity index (χ0n) is 1.63. The van der Waals surface area contributed by atoms with Crippen molar-refractivity contribution in [2.45, 2.75) is 0 Å². The molecule has 0 N–H and O–H groups in total. The number of hydrogen-bond acceptors (Lipinski definition) is 3. The van der Waals surface area contributed by atoms with Gasteiger partial charge in [0, 0.05) is 27.2 Å². The lowest BCUT2D eigenvalue weighted by Crippen LogP contribution is -1.15. The maximum absolute atomic E-state index is 4.69. The lowest BCUT2D eigenvalue weighted by atomic mass is 30.8. The van der Waals surface area contributed by atoms with Crippen molar-refractivity contribution in [1.29, 1.82) is 0 Å². The van der Waals surface area contributed by atoms with Gasteiger partial charge >= 0.3 is 0 Å². The smallest absolute Gasteiger partial charge is 0.0193 e. The van der Waals surface area contributed by atoms with Crippen LogP contribution in [0.3, 0.4) is 0 Å². The van der Waals surface area contributed by atoms with Gasteiger partial charge in [0.25, 0.3) is 0 Å². The summed E-state index contributed by atoms with van der Waals surface area (Å²) >= 11 is 4.69. The lowest BCUT2D eigenvalue weighted by Gasteiger charge is -1.27. The molecule has 0 bridgehead atoms. The van der Waals surface area contributed by atoms with Crippen LogP contribution in [-0.2, 0) is 18.7 Å². The second-order valence-corrected chi connectivity index (χ2v) is 9.19. The Balaban J connectivity index is 2.60. The second-order valence-electron chi connectivity index (χ2n) is 0.340. The van der Waals surface area contributed by atoms with Gasteiger partial charge in [-0.1, -0.05) is 0 Å². The van der Waals surface area contributed by atoms with Crippen molar-refractivity contribution in [3.05, 3.63) is 0 Å². The monoisotopic (exact) mass is 128 g/mol. The van der Waals surface area contributed by atoms with Crippen molar-refractivity contribution >= 4 is 38.4 Å². The molecule has 0 unspecified atom stereocenters. The van der Waals surface area contributed by atoms with Gasteiger partial charge in [-0.25, -0.2) is 0 Å². The molecule has 1 aliphatic rings. The Labute approximate surface area is 38.5 Å². The van der Waals surface area contributed by atoms with Crippen LogP contribution in [0.25, 0.3) is 0 Å². The molecule has 0 saturated carbocycles. The molecule has 4 heteroatoms. The van der Waals surface area contributed by atoms with E-state index in [0.717, 1.165) is 0 Å². The summed E-state index contributed by atoms with van der Waals surface area (Å²) < 4.78 is 0. The topological polar surface area (TPSA) is 0 Å². The van der Waals surface area contributed by atoms with E-state index in [4.69, 9.17) is 0 Å². The Morgan fingerprint density at radius 1 is 1.50 bits per heavy atom. The Morgan fingerprint density at radius 3 is 1.75 bits per heavy atom. The van der Waals surface area contributed by atoms with Crippen molar-refractivity contribution in [2.75, 3.05) is 0 Å². The number of rotatable bonds is 0. The molecule has 0 amide bonds. The third-order valence-corrected chi connectivity index (χ3v) is 6.34. The fraction of sp³-hybridized carbons (Fsp3) is 0. The summed E-state index contributed by atoms with van der Waals surface area (Å²) in [4.78, 5) is 0. The van der Waals surface area contributed by atoms with Crippen LogP contribution in [0.15, 0.2) is 0 Å². The minimum atomic E-state index is 0.306. The third-order valence-electron chi connectivity index (χ3n) is 0.124. The van der Waals surface area contributed by atoms with Crippen LogP contribution in [-0.4, -0.2) is 0 Å². The summed E-state index contributed by atoms with van der Waals surface area (Å²) in [6, 6.07) is 0. The highest BCUT2D eigenvalue weighted by Crippen LogP contribution is 2.51. The first kappa shape index (κ1) is 3.46.